The van der Waals surface area contributed by atoms with Crippen LogP contribution in [0.4, 0.5) is 15.8 Å². The maximum Gasteiger partial charge on any atom is 0.191 e. The summed E-state index contributed by atoms with van der Waals surface area (Å²) >= 11 is 1.49. The molecule has 1 heterocycles. The van der Waals surface area contributed by atoms with Crippen molar-refractivity contribution < 1.29 is 0 Å². The molecule has 2 N–H and O–H groups in total. The first-order valence-electron chi connectivity index (χ1n) is 4.69. The highest BCUT2D eigenvalue weighted by Crippen LogP contribution is 2.30. The van der Waals surface area contributed by atoms with Gasteiger partial charge in [0.05, 0.1) is 6.20 Å². The molecular formula is C11H13N3S. The van der Waals surface area contributed by atoms with Crippen molar-refractivity contribution in [2.75, 3.05) is 17.7 Å². The van der Waals surface area contributed by atoms with E-state index in [4.69, 9.17) is 5.73 Å². The van der Waals surface area contributed by atoms with Crippen LogP contribution in [-0.4, -0.2) is 12.0 Å². The summed E-state index contributed by atoms with van der Waals surface area (Å²) in [6.07, 6.45) is 1.69. The van der Waals surface area contributed by atoms with E-state index in [9.17, 15) is 0 Å². The quantitative estimate of drug-likeness (QED) is 0.844. The highest BCUT2D eigenvalue weighted by Gasteiger charge is 2.09. The van der Waals surface area contributed by atoms with E-state index in [1.807, 2.05) is 19.2 Å². The van der Waals surface area contributed by atoms with Gasteiger partial charge in [-0.1, -0.05) is 29.5 Å². The Morgan fingerprint density at radius 3 is 2.67 bits per heavy atom. The second kappa shape index (κ2) is 3.90. The molecule has 0 spiro atoms. The van der Waals surface area contributed by atoms with Crippen LogP contribution in [0.3, 0.4) is 0 Å². The number of nitrogens with zero attached hydrogens (tertiary/aromatic N) is 2. The van der Waals surface area contributed by atoms with E-state index in [2.05, 4.69) is 28.9 Å². The first-order valence-corrected chi connectivity index (χ1v) is 5.51. The Morgan fingerprint density at radius 1 is 1.33 bits per heavy atom. The van der Waals surface area contributed by atoms with Gasteiger partial charge in [0, 0.05) is 12.7 Å². The summed E-state index contributed by atoms with van der Waals surface area (Å²) in [5.74, 6) is 0. The van der Waals surface area contributed by atoms with Gasteiger partial charge in [-0.25, -0.2) is 4.98 Å². The lowest BCUT2D eigenvalue weighted by Gasteiger charge is -2.17. The SMILES string of the molecule is Cc1ccccc1N(C)c1ncc(N)s1. The Labute approximate surface area is 93.2 Å². The maximum atomic E-state index is 5.66. The number of aromatic nitrogens is 1. The van der Waals surface area contributed by atoms with Crippen LogP contribution in [0.2, 0.25) is 0 Å². The molecule has 1 aromatic carbocycles. The van der Waals surface area contributed by atoms with Gasteiger partial charge in [0.25, 0.3) is 0 Å². The minimum Gasteiger partial charge on any atom is -0.389 e. The molecule has 2 rings (SSSR count). The number of para-hydroxylation sites is 1. The lowest BCUT2D eigenvalue weighted by atomic mass is 10.2. The Hall–Kier alpha value is -1.55. The lowest BCUT2D eigenvalue weighted by molar-refractivity contribution is 1.15. The van der Waals surface area contributed by atoms with E-state index < -0.39 is 0 Å². The van der Waals surface area contributed by atoms with Crippen LogP contribution < -0.4 is 10.6 Å². The third kappa shape index (κ3) is 1.94. The minimum atomic E-state index is 0.741. The number of nitrogen functional groups attached to an aromatic ring is 1. The Kier molecular flexibility index (Phi) is 2.60. The summed E-state index contributed by atoms with van der Waals surface area (Å²) in [7, 11) is 2.00. The maximum absolute atomic E-state index is 5.66. The van der Waals surface area contributed by atoms with Gasteiger partial charge in [-0.3, -0.25) is 0 Å². The molecule has 3 nitrogen and oxygen atoms in total. The van der Waals surface area contributed by atoms with Gasteiger partial charge < -0.3 is 10.6 Å². The summed E-state index contributed by atoms with van der Waals surface area (Å²) in [5, 5.41) is 1.66. The van der Waals surface area contributed by atoms with E-state index in [1.54, 1.807) is 6.20 Å². The molecule has 0 bridgehead atoms. The number of aryl methyl sites for hydroxylation is 1. The van der Waals surface area contributed by atoms with Gasteiger partial charge >= 0.3 is 0 Å². The molecule has 0 saturated carbocycles. The normalized spacial score (nSPS) is 10.3. The van der Waals surface area contributed by atoms with Crippen molar-refractivity contribution in [3.05, 3.63) is 36.0 Å². The topological polar surface area (TPSA) is 42.2 Å². The van der Waals surface area contributed by atoms with Crippen LogP contribution in [0.1, 0.15) is 5.56 Å². The summed E-state index contributed by atoms with van der Waals surface area (Å²) in [4.78, 5) is 6.30. The molecule has 0 aliphatic heterocycles. The number of nitrogens with two attached hydrogens (primary N) is 1. The van der Waals surface area contributed by atoms with E-state index in [0.717, 1.165) is 15.8 Å². The van der Waals surface area contributed by atoms with Crippen LogP contribution in [0, 0.1) is 6.92 Å². The number of hydrogen-bond acceptors (Lipinski definition) is 4. The molecule has 78 valence electrons. The van der Waals surface area contributed by atoms with Crippen molar-refractivity contribution in [1.29, 1.82) is 0 Å². The average molecular weight is 219 g/mol. The first-order chi connectivity index (χ1) is 7.18. The van der Waals surface area contributed by atoms with Gasteiger partial charge in [0.1, 0.15) is 5.00 Å². The molecule has 1 aromatic heterocycles. The van der Waals surface area contributed by atoms with Crippen LogP contribution in [0.15, 0.2) is 30.5 Å². The summed E-state index contributed by atoms with van der Waals surface area (Å²) < 4.78 is 0. The van der Waals surface area contributed by atoms with Crippen molar-refractivity contribution in [3.63, 3.8) is 0 Å². The number of rotatable bonds is 2. The third-order valence-corrected chi connectivity index (χ3v) is 3.18. The van der Waals surface area contributed by atoms with Crippen LogP contribution in [0.5, 0.6) is 0 Å². The molecule has 0 amide bonds. The molecule has 2 aromatic rings. The molecule has 0 radical (unpaired) electrons. The predicted molar refractivity (Wildman–Crippen MR) is 65.8 cm³/mol. The smallest absolute Gasteiger partial charge is 0.191 e. The summed E-state index contributed by atoms with van der Waals surface area (Å²) in [5.41, 5.74) is 8.05. The summed E-state index contributed by atoms with van der Waals surface area (Å²) in [6.45, 7) is 2.09. The van der Waals surface area contributed by atoms with Gasteiger partial charge in [0.2, 0.25) is 0 Å². The van der Waals surface area contributed by atoms with Gasteiger partial charge in [-0.15, -0.1) is 0 Å². The Bertz CT molecular complexity index is 464. The zero-order valence-corrected chi connectivity index (χ0v) is 9.58. The second-order valence-corrected chi connectivity index (χ2v) is 4.43. The molecule has 0 saturated heterocycles. The highest BCUT2D eigenvalue weighted by atomic mass is 32.1. The van der Waals surface area contributed by atoms with Gasteiger partial charge in [-0.05, 0) is 18.6 Å². The van der Waals surface area contributed by atoms with Gasteiger partial charge in [0.15, 0.2) is 5.13 Å². The van der Waals surface area contributed by atoms with Crippen LogP contribution in [-0.2, 0) is 0 Å². The standard InChI is InChI=1S/C11H13N3S/c1-8-5-3-4-6-9(8)14(2)11-13-7-10(12)15-11/h3-7H,12H2,1-2H3. The van der Waals surface area contributed by atoms with E-state index in [1.165, 1.54) is 16.9 Å². The predicted octanol–water partition coefficient (Wildman–Crippen LogP) is 2.80. The molecule has 0 unspecified atom stereocenters. The molecular weight excluding hydrogens is 206 g/mol. The zero-order valence-electron chi connectivity index (χ0n) is 8.77. The number of thiazole rings is 1. The molecule has 0 fully saturated rings. The molecule has 15 heavy (non-hydrogen) atoms. The van der Waals surface area contributed by atoms with Crippen molar-refractivity contribution in [2.45, 2.75) is 6.92 Å². The minimum absolute atomic E-state index is 0.741. The zero-order chi connectivity index (χ0) is 10.8. The number of hydrogen-bond donors (Lipinski definition) is 1. The fourth-order valence-electron chi connectivity index (χ4n) is 1.47. The number of benzene rings is 1. The van der Waals surface area contributed by atoms with Gasteiger partial charge in [-0.2, -0.15) is 0 Å². The third-order valence-electron chi connectivity index (χ3n) is 2.28. The molecule has 0 aliphatic rings. The second-order valence-electron chi connectivity index (χ2n) is 3.39. The van der Waals surface area contributed by atoms with Crippen LogP contribution >= 0.6 is 11.3 Å². The lowest BCUT2D eigenvalue weighted by Crippen LogP contribution is -2.10. The van der Waals surface area contributed by atoms with Crippen molar-refractivity contribution in [1.82, 2.24) is 4.98 Å². The van der Waals surface area contributed by atoms with E-state index >= 15 is 0 Å². The molecule has 0 atom stereocenters. The first kappa shape index (κ1) is 9.98. The fraction of sp³-hybridized carbons (Fsp3) is 0.182. The van der Waals surface area contributed by atoms with Crippen molar-refractivity contribution in [3.8, 4) is 0 Å². The highest BCUT2D eigenvalue weighted by molar-refractivity contribution is 7.19. The molecule has 0 aliphatic carbocycles. The number of anilines is 3. The monoisotopic (exact) mass is 219 g/mol. The van der Waals surface area contributed by atoms with Crippen molar-refractivity contribution in [2.24, 2.45) is 0 Å². The Balaban J connectivity index is 2.36. The van der Waals surface area contributed by atoms with E-state index in [-0.39, 0.29) is 0 Å². The van der Waals surface area contributed by atoms with E-state index in [0.29, 0.717) is 0 Å². The van der Waals surface area contributed by atoms with Crippen molar-refractivity contribution >= 4 is 27.2 Å². The fourth-order valence-corrected chi connectivity index (χ4v) is 2.13. The molecule has 4 heteroatoms. The average Bonchev–Trinajstić information content (AvgIpc) is 2.65. The van der Waals surface area contributed by atoms with Crippen LogP contribution in [0.25, 0.3) is 0 Å². The largest absolute Gasteiger partial charge is 0.389 e. The Morgan fingerprint density at radius 2 is 2.07 bits per heavy atom. The summed E-state index contributed by atoms with van der Waals surface area (Å²) in [6, 6.07) is 8.22.